The van der Waals surface area contributed by atoms with Crippen molar-refractivity contribution in [3.05, 3.63) is 34.9 Å². The third-order valence-electron chi connectivity index (χ3n) is 4.03. The van der Waals surface area contributed by atoms with Crippen LogP contribution in [0.4, 0.5) is 0 Å². The molecule has 1 atom stereocenters. The van der Waals surface area contributed by atoms with Crippen molar-refractivity contribution in [3.63, 3.8) is 0 Å². The predicted molar refractivity (Wildman–Crippen MR) is 111 cm³/mol. The summed E-state index contributed by atoms with van der Waals surface area (Å²) in [4.78, 5) is 14.0. The number of amides is 1. The quantitative estimate of drug-likeness (QED) is 0.488. The fourth-order valence-corrected chi connectivity index (χ4v) is 2.73. The molecule has 0 heterocycles. The van der Waals surface area contributed by atoms with Gasteiger partial charge in [-0.1, -0.05) is 34.9 Å². The van der Waals surface area contributed by atoms with Gasteiger partial charge >= 0.3 is 0 Å². The van der Waals surface area contributed by atoms with Crippen molar-refractivity contribution in [2.45, 2.75) is 79.2 Å². The summed E-state index contributed by atoms with van der Waals surface area (Å²) in [6.07, 6.45) is 12.7. The largest absolute Gasteiger partial charge is 0.352 e. The summed E-state index contributed by atoms with van der Waals surface area (Å²) in [5, 5.41) is 3.05. The van der Waals surface area contributed by atoms with Gasteiger partial charge in [0, 0.05) is 19.0 Å². The van der Waals surface area contributed by atoms with Gasteiger partial charge in [-0.3, -0.25) is 4.79 Å². The lowest BCUT2D eigenvalue weighted by Gasteiger charge is -2.18. The van der Waals surface area contributed by atoms with E-state index in [0.717, 1.165) is 38.6 Å². The van der Waals surface area contributed by atoms with Crippen molar-refractivity contribution in [1.29, 1.82) is 0 Å². The van der Waals surface area contributed by atoms with Crippen molar-refractivity contribution >= 4 is 5.91 Å². The third kappa shape index (κ3) is 15.9. The Morgan fingerprint density at radius 2 is 1.36 bits per heavy atom. The molecule has 0 aliphatic rings. The molecule has 1 unspecified atom stereocenters. The monoisotopic (exact) mass is 348 g/mol. The molecule has 3 heteroatoms. The molecule has 3 nitrogen and oxygen atoms in total. The second-order valence-electron chi connectivity index (χ2n) is 7.73. The van der Waals surface area contributed by atoms with Gasteiger partial charge in [0.25, 0.3) is 0 Å². The van der Waals surface area contributed by atoms with E-state index in [4.69, 9.17) is 0 Å². The van der Waals surface area contributed by atoms with Gasteiger partial charge in [-0.25, -0.2) is 0 Å². The van der Waals surface area contributed by atoms with Gasteiger partial charge < -0.3 is 10.2 Å². The van der Waals surface area contributed by atoms with E-state index >= 15 is 0 Å². The highest BCUT2D eigenvalue weighted by Crippen LogP contribution is 2.12. The molecule has 0 radical (unpaired) electrons. The number of nitrogens with zero attached hydrogens (tertiary/aromatic N) is 1. The first-order valence-electron chi connectivity index (χ1n) is 9.59. The Kier molecular flexibility index (Phi) is 13.1. The van der Waals surface area contributed by atoms with Gasteiger partial charge in [-0.15, -0.1) is 0 Å². The van der Waals surface area contributed by atoms with E-state index in [-0.39, 0.29) is 11.9 Å². The number of nitrogens with one attached hydrogen (secondary N) is 1. The molecule has 0 rings (SSSR count). The smallest absolute Gasteiger partial charge is 0.220 e. The highest BCUT2D eigenvalue weighted by atomic mass is 16.1. The average Bonchev–Trinajstić information content (AvgIpc) is 2.45. The van der Waals surface area contributed by atoms with E-state index in [9.17, 15) is 4.79 Å². The van der Waals surface area contributed by atoms with Gasteiger partial charge in [-0.2, -0.15) is 0 Å². The van der Waals surface area contributed by atoms with Crippen LogP contribution in [-0.4, -0.2) is 37.5 Å². The second kappa shape index (κ2) is 13.9. The minimum absolute atomic E-state index is 0.147. The van der Waals surface area contributed by atoms with Crippen LogP contribution in [0.1, 0.15) is 73.1 Å². The van der Waals surface area contributed by atoms with Crippen LogP contribution in [-0.2, 0) is 4.79 Å². The summed E-state index contributed by atoms with van der Waals surface area (Å²) < 4.78 is 0. The summed E-state index contributed by atoms with van der Waals surface area (Å²) in [6.45, 7) is 11.6. The number of hydrogen-bond donors (Lipinski definition) is 1. The average molecular weight is 349 g/mol. The molecule has 0 aliphatic carbocycles. The molecular weight excluding hydrogens is 308 g/mol. The minimum atomic E-state index is 0.147. The van der Waals surface area contributed by atoms with Crippen LogP contribution in [0, 0.1) is 0 Å². The van der Waals surface area contributed by atoms with Gasteiger partial charge in [0.1, 0.15) is 0 Å². The van der Waals surface area contributed by atoms with Crippen molar-refractivity contribution in [1.82, 2.24) is 10.2 Å². The van der Waals surface area contributed by atoms with E-state index in [1.165, 1.54) is 16.7 Å². The molecule has 0 aromatic carbocycles. The first-order valence-corrected chi connectivity index (χ1v) is 9.59. The molecule has 0 aromatic rings. The number of allylic oxidation sites excluding steroid dienone is 6. The van der Waals surface area contributed by atoms with Crippen LogP contribution in [0.2, 0.25) is 0 Å². The van der Waals surface area contributed by atoms with Crippen LogP contribution < -0.4 is 5.32 Å². The normalized spacial score (nSPS) is 13.8. The molecule has 0 saturated carbocycles. The second-order valence-corrected chi connectivity index (χ2v) is 7.73. The highest BCUT2D eigenvalue weighted by molar-refractivity contribution is 5.76. The zero-order valence-electron chi connectivity index (χ0n) is 17.6. The maximum Gasteiger partial charge on any atom is 0.220 e. The molecule has 1 N–H and O–H groups in total. The van der Waals surface area contributed by atoms with Gasteiger partial charge in [0.15, 0.2) is 0 Å². The lowest BCUT2D eigenvalue weighted by atomic mass is 10.1. The Bertz CT molecular complexity index is 468. The topological polar surface area (TPSA) is 32.3 Å². The molecule has 0 bridgehead atoms. The lowest BCUT2D eigenvalue weighted by Crippen LogP contribution is -2.39. The molecule has 144 valence electrons. The molecule has 1 amide bonds. The van der Waals surface area contributed by atoms with Crippen LogP contribution in [0.5, 0.6) is 0 Å². The Balaban J connectivity index is 3.98. The Morgan fingerprint density at radius 3 is 1.84 bits per heavy atom. The standard InChI is InChI=1S/C22H40N2O/c1-18(2)11-8-12-19(3)13-9-14-20(4)15-10-16-22(25)23-21(5)17-24(6)7/h11,13,15,21H,8-10,12,14,16-17H2,1-7H3,(H,23,25). The van der Waals surface area contributed by atoms with Crippen LogP contribution >= 0.6 is 0 Å². The first kappa shape index (κ1) is 23.6. The molecule has 25 heavy (non-hydrogen) atoms. The molecule has 0 saturated heterocycles. The molecule has 0 aliphatic heterocycles. The molecule has 0 fully saturated rings. The maximum absolute atomic E-state index is 11.9. The van der Waals surface area contributed by atoms with Crippen molar-refractivity contribution < 1.29 is 4.79 Å². The number of carbonyl (C=O) groups is 1. The van der Waals surface area contributed by atoms with Crippen molar-refractivity contribution in [2.75, 3.05) is 20.6 Å². The number of rotatable bonds is 12. The van der Waals surface area contributed by atoms with E-state index in [0.29, 0.717) is 6.42 Å². The lowest BCUT2D eigenvalue weighted by molar-refractivity contribution is -0.121. The summed E-state index contributed by atoms with van der Waals surface area (Å²) >= 11 is 0. The Hall–Kier alpha value is -1.35. The molecule has 0 spiro atoms. The molecule has 0 aromatic heterocycles. The van der Waals surface area contributed by atoms with Crippen LogP contribution in [0.15, 0.2) is 34.9 Å². The maximum atomic E-state index is 11.9. The Labute approximate surface area is 156 Å². The summed E-state index contributed by atoms with van der Waals surface area (Å²) in [5.74, 6) is 0.147. The van der Waals surface area contributed by atoms with E-state index < -0.39 is 0 Å². The van der Waals surface area contributed by atoms with Crippen molar-refractivity contribution in [2.24, 2.45) is 0 Å². The Morgan fingerprint density at radius 1 is 0.880 bits per heavy atom. The molecular formula is C22H40N2O. The van der Waals surface area contributed by atoms with Crippen LogP contribution in [0.25, 0.3) is 0 Å². The third-order valence-corrected chi connectivity index (χ3v) is 4.03. The number of carbonyl (C=O) groups excluding carboxylic acids is 1. The van der Waals surface area contributed by atoms with Gasteiger partial charge in [0.2, 0.25) is 5.91 Å². The van der Waals surface area contributed by atoms with Crippen molar-refractivity contribution in [3.8, 4) is 0 Å². The number of hydrogen-bond acceptors (Lipinski definition) is 2. The minimum Gasteiger partial charge on any atom is -0.352 e. The van der Waals surface area contributed by atoms with E-state index in [1.54, 1.807) is 0 Å². The summed E-state index contributed by atoms with van der Waals surface area (Å²) in [6, 6.07) is 0.201. The zero-order chi connectivity index (χ0) is 19.2. The number of likely N-dealkylation sites (N-methyl/N-ethyl adjacent to an activating group) is 1. The summed E-state index contributed by atoms with van der Waals surface area (Å²) in [7, 11) is 4.04. The van der Waals surface area contributed by atoms with Gasteiger partial charge in [-0.05, 0) is 80.8 Å². The summed E-state index contributed by atoms with van der Waals surface area (Å²) in [5.41, 5.74) is 4.24. The fourth-order valence-electron chi connectivity index (χ4n) is 2.73. The van der Waals surface area contributed by atoms with E-state index in [2.05, 4.69) is 56.1 Å². The predicted octanol–water partition coefficient (Wildman–Crippen LogP) is 5.25. The van der Waals surface area contributed by atoms with E-state index in [1.807, 2.05) is 21.0 Å². The highest BCUT2D eigenvalue weighted by Gasteiger charge is 2.07. The van der Waals surface area contributed by atoms with Gasteiger partial charge in [0.05, 0.1) is 0 Å². The van der Waals surface area contributed by atoms with Crippen LogP contribution in [0.3, 0.4) is 0 Å². The first-order chi connectivity index (χ1) is 11.7. The fraction of sp³-hybridized carbons (Fsp3) is 0.682. The zero-order valence-corrected chi connectivity index (χ0v) is 17.6. The SMILES string of the molecule is CC(C)=CCCC(C)=CCCC(C)=CCCC(=O)NC(C)CN(C)C.